The van der Waals surface area contributed by atoms with Gasteiger partial charge in [0.15, 0.2) is 0 Å². The van der Waals surface area contributed by atoms with Gasteiger partial charge in [-0.25, -0.2) is 9.97 Å². The molecule has 0 saturated carbocycles. The minimum absolute atomic E-state index is 0.121. The Hall–Kier alpha value is -3.89. The van der Waals surface area contributed by atoms with Gasteiger partial charge in [-0.3, -0.25) is 14.5 Å². The second-order valence-corrected chi connectivity index (χ2v) is 8.42. The molecule has 1 aliphatic heterocycles. The molecule has 1 aliphatic rings. The van der Waals surface area contributed by atoms with E-state index in [2.05, 4.69) is 42.2 Å². The van der Waals surface area contributed by atoms with Crippen LogP contribution in [0.15, 0.2) is 49.1 Å². The molecule has 0 aliphatic carbocycles. The maximum Gasteiger partial charge on any atom is 0.257 e. The number of aliphatic hydroxyl groups excluding tert-OH is 1. The Balaban J connectivity index is 1.37. The Morgan fingerprint density at radius 3 is 2.65 bits per heavy atom. The lowest BCUT2D eigenvalue weighted by molar-refractivity contribution is 0.102. The summed E-state index contributed by atoms with van der Waals surface area (Å²) in [7, 11) is 3.89. The van der Waals surface area contributed by atoms with Crippen molar-refractivity contribution in [3.8, 4) is 11.1 Å². The number of nitrogens with zero attached hydrogens (tertiary/aromatic N) is 7. The molecule has 5 heterocycles. The average Bonchev–Trinajstić information content (AvgIpc) is 3.24. The van der Waals surface area contributed by atoms with Crippen molar-refractivity contribution in [3.63, 3.8) is 0 Å². The van der Waals surface area contributed by atoms with Crippen molar-refractivity contribution in [1.82, 2.24) is 29.6 Å². The zero-order chi connectivity index (χ0) is 23.7. The van der Waals surface area contributed by atoms with E-state index in [0.29, 0.717) is 22.6 Å². The highest BCUT2D eigenvalue weighted by Gasteiger charge is 2.17. The molecule has 0 radical (unpaired) electrons. The molecule has 174 valence electrons. The minimum Gasteiger partial charge on any atom is -0.390 e. The van der Waals surface area contributed by atoms with Gasteiger partial charge in [0.1, 0.15) is 11.6 Å². The van der Waals surface area contributed by atoms with E-state index in [1.807, 2.05) is 12.1 Å². The van der Waals surface area contributed by atoms with Gasteiger partial charge in [0, 0.05) is 67.7 Å². The number of hydrogen-bond acceptors (Lipinski definition) is 8. The van der Waals surface area contributed by atoms with Crippen molar-refractivity contribution >= 4 is 28.4 Å². The van der Waals surface area contributed by atoms with Gasteiger partial charge in [0.25, 0.3) is 5.91 Å². The number of aryl methyl sites for hydroxylation is 1. The summed E-state index contributed by atoms with van der Waals surface area (Å²) >= 11 is 0. The molecule has 0 aromatic carbocycles. The maximum atomic E-state index is 13.0. The van der Waals surface area contributed by atoms with Crippen molar-refractivity contribution in [2.24, 2.45) is 7.05 Å². The molecular weight excluding hydrogens is 432 g/mol. The summed E-state index contributed by atoms with van der Waals surface area (Å²) in [4.78, 5) is 30.7. The SMILES string of the molecule is CN1CCN(c2cc(C(=O)Nc3cc4cc(-c5cnn(C)c5CO)cnc4cn3)ccn2)CC1. The lowest BCUT2D eigenvalue weighted by atomic mass is 10.1. The summed E-state index contributed by atoms with van der Waals surface area (Å²) in [6.07, 6.45) is 6.74. The Bertz CT molecular complexity index is 1340. The van der Waals surface area contributed by atoms with Crippen LogP contribution in [-0.2, 0) is 13.7 Å². The second kappa shape index (κ2) is 9.16. The fourth-order valence-electron chi connectivity index (χ4n) is 4.09. The third-order valence-electron chi connectivity index (χ3n) is 6.17. The van der Waals surface area contributed by atoms with Crippen LogP contribution in [0.3, 0.4) is 0 Å². The zero-order valence-corrected chi connectivity index (χ0v) is 19.1. The number of rotatable bonds is 5. The van der Waals surface area contributed by atoms with E-state index in [4.69, 9.17) is 0 Å². The highest BCUT2D eigenvalue weighted by Crippen LogP contribution is 2.26. The first-order chi connectivity index (χ1) is 16.5. The summed E-state index contributed by atoms with van der Waals surface area (Å²) in [5.41, 5.74) is 3.59. The summed E-state index contributed by atoms with van der Waals surface area (Å²) in [6, 6.07) is 7.27. The fraction of sp³-hybridized carbons (Fsp3) is 0.292. The number of aromatic nitrogens is 5. The molecule has 0 bridgehead atoms. The number of anilines is 2. The molecule has 1 saturated heterocycles. The Kier molecular flexibility index (Phi) is 5.91. The number of aliphatic hydroxyl groups is 1. The molecule has 0 unspecified atom stereocenters. The van der Waals surface area contributed by atoms with E-state index in [-0.39, 0.29) is 12.5 Å². The van der Waals surface area contributed by atoms with Gasteiger partial charge in [-0.05, 0) is 31.3 Å². The van der Waals surface area contributed by atoms with E-state index in [9.17, 15) is 9.90 Å². The minimum atomic E-state index is -0.247. The average molecular weight is 459 g/mol. The summed E-state index contributed by atoms with van der Waals surface area (Å²) in [5.74, 6) is 0.990. The molecule has 1 amide bonds. The molecule has 1 fully saturated rings. The van der Waals surface area contributed by atoms with E-state index in [0.717, 1.165) is 48.5 Å². The van der Waals surface area contributed by atoms with E-state index < -0.39 is 0 Å². The van der Waals surface area contributed by atoms with E-state index in [1.54, 1.807) is 48.6 Å². The first kappa shape index (κ1) is 21.9. The van der Waals surface area contributed by atoms with Crippen LogP contribution < -0.4 is 10.2 Å². The van der Waals surface area contributed by atoms with Crippen LogP contribution in [0.25, 0.3) is 22.0 Å². The molecule has 0 atom stereocenters. The van der Waals surface area contributed by atoms with Gasteiger partial charge in [0.05, 0.1) is 30.2 Å². The van der Waals surface area contributed by atoms with Crippen LogP contribution in [0.2, 0.25) is 0 Å². The number of pyridine rings is 3. The molecular formula is C24H26N8O2. The Morgan fingerprint density at radius 2 is 1.85 bits per heavy atom. The maximum absolute atomic E-state index is 13.0. The van der Waals surface area contributed by atoms with Crippen molar-refractivity contribution in [2.75, 3.05) is 43.4 Å². The third kappa shape index (κ3) is 4.33. The summed E-state index contributed by atoms with van der Waals surface area (Å²) < 4.78 is 1.64. The normalized spacial score (nSPS) is 14.5. The van der Waals surface area contributed by atoms with Crippen molar-refractivity contribution < 1.29 is 9.90 Å². The lowest BCUT2D eigenvalue weighted by Gasteiger charge is -2.33. The number of likely N-dealkylation sites (N-methyl/N-ethyl adjacent to an activating group) is 1. The van der Waals surface area contributed by atoms with Crippen LogP contribution in [0, 0.1) is 0 Å². The van der Waals surface area contributed by atoms with Gasteiger partial charge >= 0.3 is 0 Å². The van der Waals surface area contributed by atoms with Crippen molar-refractivity contribution in [1.29, 1.82) is 0 Å². The standard InChI is InChI=1S/C24H26N8O2/c1-30-5-7-32(8-6-30)23-11-16(3-4-25-23)24(34)29-22-10-17-9-18(12-26-20(17)14-27-22)19-13-28-31(2)21(19)15-33/h3-4,9-14,33H,5-8,15H2,1-2H3,(H,27,29,34). The Morgan fingerprint density at radius 1 is 1.03 bits per heavy atom. The molecule has 10 nitrogen and oxygen atoms in total. The number of fused-ring (bicyclic) bond motifs is 1. The van der Waals surface area contributed by atoms with Crippen LogP contribution in [-0.4, -0.2) is 73.9 Å². The zero-order valence-electron chi connectivity index (χ0n) is 19.1. The monoisotopic (exact) mass is 458 g/mol. The number of carbonyl (C=O) groups excluding carboxylic acids is 1. The van der Waals surface area contributed by atoms with Crippen molar-refractivity contribution in [3.05, 3.63) is 60.3 Å². The lowest BCUT2D eigenvalue weighted by Crippen LogP contribution is -2.44. The van der Waals surface area contributed by atoms with Crippen LogP contribution >= 0.6 is 0 Å². The molecule has 5 rings (SSSR count). The molecule has 0 spiro atoms. The number of hydrogen-bond donors (Lipinski definition) is 2. The third-order valence-corrected chi connectivity index (χ3v) is 6.17. The Labute approximate surface area is 196 Å². The predicted octanol–water partition coefficient (Wildman–Crippen LogP) is 1.92. The first-order valence-electron chi connectivity index (χ1n) is 11.1. The van der Waals surface area contributed by atoms with Crippen molar-refractivity contribution in [2.45, 2.75) is 6.61 Å². The van der Waals surface area contributed by atoms with Gasteiger partial charge in [-0.2, -0.15) is 5.10 Å². The topological polar surface area (TPSA) is 112 Å². The van der Waals surface area contributed by atoms with Gasteiger partial charge in [0.2, 0.25) is 0 Å². The second-order valence-electron chi connectivity index (χ2n) is 8.42. The number of piperazine rings is 1. The van der Waals surface area contributed by atoms with Crippen LogP contribution in [0.4, 0.5) is 11.6 Å². The quantitative estimate of drug-likeness (QED) is 0.467. The van der Waals surface area contributed by atoms with Crippen LogP contribution in [0.1, 0.15) is 16.1 Å². The molecule has 2 N–H and O–H groups in total. The van der Waals surface area contributed by atoms with E-state index in [1.165, 1.54) is 0 Å². The number of amides is 1. The summed E-state index contributed by atoms with van der Waals surface area (Å²) in [5, 5.41) is 17.6. The first-order valence-corrected chi connectivity index (χ1v) is 11.1. The number of carbonyl (C=O) groups is 1. The van der Waals surface area contributed by atoms with Gasteiger partial charge in [-0.1, -0.05) is 0 Å². The van der Waals surface area contributed by atoms with Gasteiger partial charge < -0.3 is 20.2 Å². The molecule has 10 heteroatoms. The number of nitrogens with one attached hydrogen (secondary N) is 1. The molecule has 4 aromatic heterocycles. The van der Waals surface area contributed by atoms with Gasteiger partial charge in [-0.15, -0.1) is 0 Å². The molecule has 34 heavy (non-hydrogen) atoms. The highest BCUT2D eigenvalue weighted by atomic mass is 16.3. The summed E-state index contributed by atoms with van der Waals surface area (Å²) in [6.45, 7) is 3.57. The smallest absolute Gasteiger partial charge is 0.257 e. The van der Waals surface area contributed by atoms with Crippen LogP contribution in [0.5, 0.6) is 0 Å². The predicted molar refractivity (Wildman–Crippen MR) is 130 cm³/mol. The van der Waals surface area contributed by atoms with E-state index >= 15 is 0 Å². The fourth-order valence-corrected chi connectivity index (χ4v) is 4.09. The molecule has 4 aromatic rings. The largest absolute Gasteiger partial charge is 0.390 e. The highest BCUT2D eigenvalue weighted by molar-refractivity contribution is 6.04.